The first-order valence-corrected chi connectivity index (χ1v) is 7.94. The van der Waals surface area contributed by atoms with Gasteiger partial charge < -0.3 is 10.2 Å². The Morgan fingerprint density at radius 1 is 0.731 bits per heavy atom. The van der Waals surface area contributed by atoms with Crippen molar-refractivity contribution in [3.05, 3.63) is 46.5 Å². The lowest BCUT2D eigenvalue weighted by molar-refractivity contribution is 0.0374. The molecule has 0 unspecified atom stereocenters. The fourth-order valence-electron chi connectivity index (χ4n) is 3.57. The average molecular weight is 354 g/mol. The minimum absolute atomic E-state index is 0.150. The summed E-state index contributed by atoms with van der Waals surface area (Å²) in [5.41, 5.74) is 0.796. The highest BCUT2D eigenvalue weighted by molar-refractivity contribution is 6.33. The summed E-state index contributed by atoms with van der Waals surface area (Å²) in [6.07, 6.45) is 0. The molecule has 0 radical (unpaired) electrons. The average Bonchev–Trinajstić information content (AvgIpc) is 2.65. The molecule has 4 rings (SSSR count). The van der Waals surface area contributed by atoms with Crippen LogP contribution in [0.25, 0.3) is 10.8 Å². The molecular weight excluding hydrogens is 340 g/mol. The van der Waals surface area contributed by atoms with Crippen molar-refractivity contribution >= 4 is 34.4 Å². The molecule has 4 amide bonds. The van der Waals surface area contributed by atoms with Gasteiger partial charge >= 0.3 is 0 Å². The van der Waals surface area contributed by atoms with Crippen LogP contribution in [0.4, 0.5) is 0 Å². The Morgan fingerprint density at radius 2 is 1.08 bits per heavy atom. The SMILES string of the molecule is CN1C(=O)c2ccc3c4c(ccc(c24)C1=O)C(=O)N(C(CO)CO)C3=O. The van der Waals surface area contributed by atoms with Crippen LogP contribution in [-0.4, -0.2) is 69.9 Å². The summed E-state index contributed by atoms with van der Waals surface area (Å²) in [6.45, 7) is -1.16. The van der Waals surface area contributed by atoms with E-state index in [-0.39, 0.29) is 27.6 Å². The first kappa shape index (κ1) is 16.4. The van der Waals surface area contributed by atoms with Crippen LogP contribution in [-0.2, 0) is 0 Å². The highest BCUT2D eigenvalue weighted by Gasteiger charge is 2.40. The largest absolute Gasteiger partial charge is 0.394 e. The molecule has 0 fully saturated rings. The number of amides is 4. The normalized spacial score (nSPS) is 16.3. The second-order valence-electron chi connectivity index (χ2n) is 6.24. The van der Waals surface area contributed by atoms with Gasteiger partial charge in [0, 0.05) is 40.1 Å². The molecule has 132 valence electrons. The van der Waals surface area contributed by atoms with Gasteiger partial charge in [-0.25, -0.2) is 0 Å². The molecule has 0 saturated heterocycles. The zero-order chi connectivity index (χ0) is 18.7. The predicted octanol–water partition coefficient (Wildman–Crippen LogP) is 0.0148. The number of benzene rings is 2. The maximum atomic E-state index is 12.8. The molecule has 2 heterocycles. The number of aliphatic hydroxyl groups excluding tert-OH is 2. The smallest absolute Gasteiger partial charge is 0.261 e. The van der Waals surface area contributed by atoms with Crippen molar-refractivity contribution in [2.75, 3.05) is 20.3 Å². The Morgan fingerprint density at radius 3 is 1.42 bits per heavy atom. The van der Waals surface area contributed by atoms with E-state index in [1.165, 1.54) is 31.3 Å². The summed E-state index contributed by atoms with van der Waals surface area (Å²) < 4.78 is 0. The van der Waals surface area contributed by atoms with E-state index in [9.17, 15) is 29.4 Å². The summed E-state index contributed by atoms with van der Waals surface area (Å²) in [5, 5.41) is 19.3. The molecule has 0 aromatic heterocycles. The second-order valence-corrected chi connectivity index (χ2v) is 6.24. The number of rotatable bonds is 3. The third-order valence-corrected chi connectivity index (χ3v) is 4.92. The Kier molecular flexibility index (Phi) is 3.43. The topological polar surface area (TPSA) is 115 Å². The molecule has 0 bridgehead atoms. The van der Waals surface area contributed by atoms with E-state index in [4.69, 9.17) is 0 Å². The van der Waals surface area contributed by atoms with Gasteiger partial charge in [0.25, 0.3) is 23.6 Å². The first-order valence-electron chi connectivity index (χ1n) is 7.94. The Labute approximate surface area is 147 Å². The van der Waals surface area contributed by atoms with Crippen molar-refractivity contribution in [2.24, 2.45) is 0 Å². The lowest BCUT2D eigenvalue weighted by Gasteiger charge is -2.33. The summed E-state index contributed by atoms with van der Waals surface area (Å²) >= 11 is 0. The minimum atomic E-state index is -1.07. The van der Waals surface area contributed by atoms with Crippen molar-refractivity contribution in [3.8, 4) is 0 Å². The highest BCUT2D eigenvalue weighted by atomic mass is 16.3. The molecular formula is C18H14N2O6. The fraction of sp³-hybridized carbons (Fsp3) is 0.222. The van der Waals surface area contributed by atoms with Gasteiger partial charge in [-0.05, 0) is 24.3 Å². The summed E-state index contributed by atoms with van der Waals surface area (Å²) in [5.74, 6) is -2.37. The number of carbonyl (C=O) groups excluding carboxylic acids is 4. The maximum absolute atomic E-state index is 12.8. The molecule has 0 aliphatic carbocycles. The van der Waals surface area contributed by atoms with Crippen LogP contribution in [0.3, 0.4) is 0 Å². The molecule has 2 aromatic carbocycles. The fourth-order valence-corrected chi connectivity index (χ4v) is 3.57. The number of aliphatic hydroxyl groups is 2. The van der Waals surface area contributed by atoms with Gasteiger partial charge in [0.2, 0.25) is 0 Å². The highest BCUT2D eigenvalue weighted by Crippen LogP contribution is 2.37. The maximum Gasteiger partial charge on any atom is 0.261 e. The van der Waals surface area contributed by atoms with Gasteiger partial charge in [-0.1, -0.05) is 0 Å². The lowest BCUT2D eigenvalue weighted by Crippen LogP contribution is -2.50. The third kappa shape index (κ3) is 1.85. The Balaban J connectivity index is 2.06. The summed E-state index contributed by atoms with van der Waals surface area (Å²) in [7, 11) is 1.37. The molecule has 26 heavy (non-hydrogen) atoms. The summed E-state index contributed by atoms with van der Waals surface area (Å²) in [4.78, 5) is 52.3. The van der Waals surface area contributed by atoms with E-state index in [1.807, 2.05) is 0 Å². The lowest BCUT2D eigenvalue weighted by atomic mass is 9.85. The van der Waals surface area contributed by atoms with Crippen LogP contribution in [0.2, 0.25) is 0 Å². The third-order valence-electron chi connectivity index (χ3n) is 4.92. The number of imide groups is 2. The van der Waals surface area contributed by atoms with Gasteiger partial charge in [-0.3, -0.25) is 29.0 Å². The van der Waals surface area contributed by atoms with Gasteiger partial charge in [-0.2, -0.15) is 0 Å². The Hall–Kier alpha value is -3.10. The minimum Gasteiger partial charge on any atom is -0.394 e. The van der Waals surface area contributed by atoms with Crippen LogP contribution >= 0.6 is 0 Å². The molecule has 8 heteroatoms. The molecule has 2 N–H and O–H groups in total. The van der Waals surface area contributed by atoms with Crippen molar-refractivity contribution < 1.29 is 29.4 Å². The standard InChI is InChI=1S/C18H14N2O6/c1-19-15(23)9-2-4-11-14-12(5-3-10(13(9)14)16(19)24)18(26)20(17(11)25)8(6-21)7-22/h2-5,8,21-22H,6-7H2,1H3. The van der Waals surface area contributed by atoms with Gasteiger partial charge in [0.15, 0.2) is 0 Å². The number of hydrogen-bond acceptors (Lipinski definition) is 6. The quantitative estimate of drug-likeness (QED) is 0.751. The van der Waals surface area contributed by atoms with Gasteiger partial charge in [0.1, 0.15) is 0 Å². The molecule has 2 aliphatic heterocycles. The zero-order valence-corrected chi connectivity index (χ0v) is 13.7. The molecule has 2 aromatic rings. The van der Waals surface area contributed by atoms with E-state index in [0.29, 0.717) is 5.39 Å². The first-order chi connectivity index (χ1) is 12.4. The van der Waals surface area contributed by atoms with Crippen molar-refractivity contribution in [1.82, 2.24) is 9.80 Å². The molecule has 0 spiro atoms. The summed E-state index contributed by atoms with van der Waals surface area (Å²) in [6, 6.07) is 4.70. The number of carbonyl (C=O) groups is 4. The van der Waals surface area contributed by atoms with Gasteiger partial charge in [0.05, 0.1) is 19.3 Å². The number of nitrogens with zero attached hydrogens (tertiary/aromatic N) is 2. The van der Waals surface area contributed by atoms with Crippen LogP contribution in [0, 0.1) is 0 Å². The second kappa shape index (κ2) is 5.45. The van der Waals surface area contributed by atoms with Crippen LogP contribution in [0.15, 0.2) is 24.3 Å². The molecule has 0 atom stereocenters. The number of hydrogen-bond donors (Lipinski definition) is 2. The van der Waals surface area contributed by atoms with E-state index in [2.05, 4.69) is 0 Å². The van der Waals surface area contributed by atoms with E-state index in [0.717, 1.165) is 9.80 Å². The van der Waals surface area contributed by atoms with Crippen molar-refractivity contribution in [1.29, 1.82) is 0 Å². The van der Waals surface area contributed by atoms with Crippen LogP contribution in [0.1, 0.15) is 41.4 Å². The van der Waals surface area contributed by atoms with Crippen molar-refractivity contribution in [3.63, 3.8) is 0 Å². The Bertz CT molecular complexity index is 953. The monoisotopic (exact) mass is 354 g/mol. The van der Waals surface area contributed by atoms with E-state index in [1.54, 1.807) is 0 Å². The molecule has 2 aliphatic rings. The van der Waals surface area contributed by atoms with E-state index >= 15 is 0 Å². The molecule has 0 saturated carbocycles. The van der Waals surface area contributed by atoms with Crippen molar-refractivity contribution in [2.45, 2.75) is 6.04 Å². The van der Waals surface area contributed by atoms with Crippen LogP contribution < -0.4 is 0 Å². The molecule has 8 nitrogen and oxygen atoms in total. The van der Waals surface area contributed by atoms with Crippen LogP contribution in [0.5, 0.6) is 0 Å². The van der Waals surface area contributed by atoms with E-state index < -0.39 is 42.9 Å². The zero-order valence-electron chi connectivity index (χ0n) is 13.7. The van der Waals surface area contributed by atoms with Gasteiger partial charge in [-0.15, -0.1) is 0 Å². The predicted molar refractivity (Wildman–Crippen MR) is 88.8 cm³/mol.